The van der Waals surface area contributed by atoms with Crippen LogP contribution in [-0.2, 0) is 16.4 Å². The highest BCUT2D eigenvalue weighted by molar-refractivity contribution is 7.89. The van der Waals surface area contributed by atoms with E-state index in [4.69, 9.17) is 9.26 Å². The van der Waals surface area contributed by atoms with Crippen LogP contribution in [0.3, 0.4) is 0 Å². The molecule has 0 N–H and O–H groups in total. The molecule has 1 heterocycles. The largest absolute Gasteiger partial charge is 0.497 e. The molecule has 2 aromatic carbocycles. The minimum atomic E-state index is -3.72. The lowest BCUT2D eigenvalue weighted by Crippen LogP contribution is -2.39. The van der Waals surface area contributed by atoms with E-state index >= 15 is 0 Å². The quantitative estimate of drug-likeness (QED) is 0.572. The van der Waals surface area contributed by atoms with Crippen molar-refractivity contribution in [2.24, 2.45) is 0 Å². The molecule has 7 heteroatoms. The van der Waals surface area contributed by atoms with E-state index in [9.17, 15) is 8.42 Å². The van der Waals surface area contributed by atoms with Gasteiger partial charge in [-0.25, -0.2) is 8.42 Å². The smallest absolute Gasteiger partial charge is 0.244 e. The summed E-state index contributed by atoms with van der Waals surface area (Å²) >= 11 is 0. The fourth-order valence-electron chi connectivity index (χ4n) is 3.30. The Morgan fingerprint density at radius 1 is 1.11 bits per heavy atom. The van der Waals surface area contributed by atoms with Gasteiger partial charge in [0, 0.05) is 24.2 Å². The average Bonchev–Trinajstić information content (AvgIpc) is 3.23. The molecule has 0 aliphatic carbocycles. The third-order valence-electron chi connectivity index (χ3n) is 4.67. The third-order valence-corrected chi connectivity index (χ3v) is 6.82. The topological polar surface area (TPSA) is 72.6 Å². The van der Waals surface area contributed by atoms with Crippen molar-refractivity contribution in [3.63, 3.8) is 0 Å². The molecule has 0 radical (unpaired) electrons. The molecular weight excluding hydrogens is 376 g/mol. The van der Waals surface area contributed by atoms with Gasteiger partial charge >= 0.3 is 0 Å². The van der Waals surface area contributed by atoms with E-state index in [1.165, 1.54) is 10.5 Å². The van der Waals surface area contributed by atoms with Crippen molar-refractivity contribution in [1.82, 2.24) is 9.46 Å². The SMILES string of the molecule is CCN(C(C)Cc1ccc(OC)cc1)S(=O)(=O)c1ccccc1-c1ccno1. The van der Waals surface area contributed by atoms with Gasteiger partial charge in [0.05, 0.1) is 18.2 Å². The summed E-state index contributed by atoms with van der Waals surface area (Å²) in [6.45, 7) is 4.13. The fourth-order valence-corrected chi connectivity index (χ4v) is 5.14. The maximum absolute atomic E-state index is 13.5. The molecule has 1 atom stereocenters. The van der Waals surface area contributed by atoms with Crippen LogP contribution in [0.4, 0.5) is 0 Å². The Morgan fingerprint density at radius 3 is 2.43 bits per heavy atom. The molecule has 0 fully saturated rings. The van der Waals surface area contributed by atoms with Crippen molar-refractivity contribution in [2.75, 3.05) is 13.7 Å². The second-order valence-corrected chi connectivity index (χ2v) is 8.34. The van der Waals surface area contributed by atoms with Crippen LogP contribution in [0, 0.1) is 0 Å². The summed E-state index contributed by atoms with van der Waals surface area (Å²) in [5.74, 6) is 1.20. The summed E-state index contributed by atoms with van der Waals surface area (Å²) in [4.78, 5) is 0.218. The zero-order valence-corrected chi connectivity index (χ0v) is 17.0. The molecular formula is C21H24N2O4S. The van der Waals surface area contributed by atoms with E-state index in [0.29, 0.717) is 24.3 Å². The molecule has 148 valence electrons. The number of aromatic nitrogens is 1. The molecule has 1 aromatic heterocycles. The summed E-state index contributed by atoms with van der Waals surface area (Å²) in [6, 6.07) is 16.0. The number of sulfonamides is 1. The lowest BCUT2D eigenvalue weighted by atomic mass is 10.1. The van der Waals surface area contributed by atoms with Crippen LogP contribution >= 0.6 is 0 Å². The highest BCUT2D eigenvalue weighted by Crippen LogP contribution is 2.30. The Balaban J connectivity index is 1.91. The number of benzene rings is 2. The van der Waals surface area contributed by atoms with Crippen molar-refractivity contribution in [2.45, 2.75) is 31.2 Å². The standard InChI is InChI=1S/C21H24N2O4S/c1-4-23(16(2)15-17-9-11-18(26-3)12-10-17)28(24,25)21-8-6-5-7-19(21)20-13-14-22-27-20/h5-14,16H,4,15H2,1-3H3. The van der Waals surface area contributed by atoms with Gasteiger partial charge in [0.2, 0.25) is 10.0 Å². The maximum atomic E-state index is 13.5. The monoisotopic (exact) mass is 400 g/mol. The summed E-state index contributed by atoms with van der Waals surface area (Å²) in [7, 11) is -2.10. The van der Waals surface area contributed by atoms with Crippen molar-refractivity contribution in [3.05, 3.63) is 66.4 Å². The van der Waals surface area contributed by atoms with Gasteiger partial charge in [-0.3, -0.25) is 0 Å². The minimum Gasteiger partial charge on any atom is -0.497 e. The highest BCUT2D eigenvalue weighted by Gasteiger charge is 2.30. The lowest BCUT2D eigenvalue weighted by molar-refractivity contribution is 0.347. The second kappa shape index (κ2) is 8.58. The van der Waals surface area contributed by atoms with Gasteiger partial charge < -0.3 is 9.26 Å². The van der Waals surface area contributed by atoms with Gasteiger partial charge in [0.25, 0.3) is 0 Å². The normalized spacial score (nSPS) is 12.9. The molecule has 0 aliphatic heterocycles. The van der Waals surface area contributed by atoms with Crippen LogP contribution in [0.1, 0.15) is 19.4 Å². The number of nitrogens with zero attached hydrogens (tertiary/aromatic N) is 2. The molecule has 3 rings (SSSR count). The van der Waals surface area contributed by atoms with Crippen LogP contribution in [0.15, 0.2) is 70.2 Å². The first kappa shape index (κ1) is 20.1. The molecule has 0 amide bonds. The zero-order chi connectivity index (χ0) is 20.1. The second-order valence-electron chi connectivity index (χ2n) is 6.48. The van der Waals surface area contributed by atoms with Crippen molar-refractivity contribution >= 4 is 10.0 Å². The number of likely N-dealkylation sites (N-methyl/N-ethyl adjacent to an activating group) is 1. The van der Waals surface area contributed by atoms with Crippen LogP contribution in [0.2, 0.25) is 0 Å². The zero-order valence-electron chi connectivity index (χ0n) is 16.2. The van der Waals surface area contributed by atoms with Crippen LogP contribution < -0.4 is 4.74 Å². The predicted octanol–water partition coefficient (Wildman–Crippen LogP) is 3.99. The number of hydrogen-bond acceptors (Lipinski definition) is 5. The van der Waals surface area contributed by atoms with Gasteiger partial charge in [-0.2, -0.15) is 4.31 Å². The maximum Gasteiger partial charge on any atom is 0.244 e. The molecule has 28 heavy (non-hydrogen) atoms. The Labute approximate surface area is 165 Å². The Hall–Kier alpha value is -2.64. The van der Waals surface area contributed by atoms with Crippen LogP contribution in [-0.4, -0.2) is 37.6 Å². The van der Waals surface area contributed by atoms with E-state index in [-0.39, 0.29) is 10.9 Å². The van der Waals surface area contributed by atoms with Gasteiger partial charge in [-0.15, -0.1) is 0 Å². The summed E-state index contributed by atoms with van der Waals surface area (Å²) in [5.41, 5.74) is 1.56. The Bertz CT molecular complexity index is 999. The third kappa shape index (κ3) is 4.10. The van der Waals surface area contributed by atoms with E-state index in [2.05, 4.69) is 5.16 Å². The van der Waals surface area contributed by atoms with Crippen molar-refractivity contribution < 1.29 is 17.7 Å². The predicted molar refractivity (Wildman–Crippen MR) is 108 cm³/mol. The summed E-state index contributed by atoms with van der Waals surface area (Å²) in [6.07, 6.45) is 2.10. The van der Waals surface area contributed by atoms with Crippen molar-refractivity contribution in [1.29, 1.82) is 0 Å². The molecule has 1 unspecified atom stereocenters. The number of ether oxygens (including phenoxy) is 1. The first-order valence-electron chi connectivity index (χ1n) is 9.12. The molecule has 0 bridgehead atoms. The molecule has 0 saturated heterocycles. The lowest BCUT2D eigenvalue weighted by Gasteiger charge is -2.28. The number of hydrogen-bond donors (Lipinski definition) is 0. The highest BCUT2D eigenvalue weighted by atomic mass is 32.2. The molecule has 0 spiro atoms. The van der Waals surface area contributed by atoms with Gasteiger partial charge in [0.15, 0.2) is 5.76 Å². The van der Waals surface area contributed by atoms with E-state index in [1.807, 2.05) is 38.1 Å². The summed E-state index contributed by atoms with van der Waals surface area (Å²) < 4.78 is 38.8. The number of methoxy groups -OCH3 is 1. The van der Waals surface area contributed by atoms with E-state index < -0.39 is 10.0 Å². The fraction of sp³-hybridized carbons (Fsp3) is 0.286. The molecule has 0 saturated carbocycles. The molecule has 3 aromatic rings. The minimum absolute atomic E-state index is 0.217. The average molecular weight is 401 g/mol. The van der Waals surface area contributed by atoms with Gasteiger partial charge in [-0.1, -0.05) is 36.3 Å². The van der Waals surface area contributed by atoms with Crippen molar-refractivity contribution in [3.8, 4) is 17.1 Å². The first-order chi connectivity index (χ1) is 13.5. The van der Waals surface area contributed by atoms with Crippen LogP contribution in [0.25, 0.3) is 11.3 Å². The van der Waals surface area contributed by atoms with Crippen LogP contribution in [0.5, 0.6) is 5.75 Å². The van der Waals surface area contributed by atoms with E-state index in [0.717, 1.165) is 11.3 Å². The molecule has 0 aliphatic rings. The number of rotatable bonds is 8. The van der Waals surface area contributed by atoms with Gasteiger partial charge in [-0.05, 0) is 43.2 Å². The Kier molecular flexibility index (Phi) is 6.16. The first-order valence-corrected chi connectivity index (χ1v) is 10.6. The Morgan fingerprint density at radius 2 is 1.82 bits per heavy atom. The van der Waals surface area contributed by atoms with E-state index in [1.54, 1.807) is 37.4 Å². The molecule has 6 nitrogen and oxygen atoms in total. The van der Waals surface area contributed by atoms with Gasteiger partial charge in [0.1, 0.15) is 5.75 Å². The summed E-state index contributed by atoms with van der Waals surface area (Å²) in [5, 5.41) is 3.70.